The van der Waals surface area contributed by atoms with Crippen molar-refractivity contribution in [3.63, 3.8) is 0 Å². The fourth-order valence-electron chi connectivity index (χ4n) is 2.40. The minimum absolute atomic E-state index is 0.107. The van der Waals surface area contributed by atoms with Crippen LogP contribution < -0.4 is 0 Å². The number of benzene rings is 2. The van der Waals surface area contributed by atoms with Crippen molar-refractivity contribution in [3.05, 3.63) is 64.9 Å². The van der Waals surface area contributed by atoms with E-state index in [-0.39, 0.29) is 24.1 Å². The molecule has 140 valence electrons. The molecule has 27 heavy (non-hydrogen) atoms. The molecule has 0 aliphatic carbocycles. The number of carbonyl (C=O) groups is 1. The Morgan fingerprint density at radius 2 is 1.85 bits per heavy atom. The van der Waals surface area contributed by atoms with E-state index < -0.39 is 0 Å². The number of thioether (sulfide) groups is 1. The summed E-state index contributed by atoms with van der Waals surface area (Å²) in [5.41, 5.74) is 1.64. The van der Waals surface area contributed by atoms with E-state index >= 15 is 0 Å². The summed E-state index contributed by atoms with van der Waals surface area (Å²) in [6.45, 7) is 2.76. The summed E-state index contributed by atoms with van der Waals surface area (Å²) in [6.07, 6.45) is 0. The highest BCUT2D eigenvalue weighted by molar-refractivity contribution is 7.99. The molecule has 1 aromatic heterocycles. The molecule has 1 heterocycles. The third-order valence-electron chi connectivity index (χ3n) is 3.77. The summed E-state index contributed by atoms with van der Waals surface area (Å²) in [7, 11) is 0. The molecule has 0 aliphatic rings. The van der Waals surface area contributed by atoms with E-state index in [0.717, 1.165) is 17.0 Å². The molecule has 0 spiro atoms. The van der Waals surface area contributed by atoms with Crippen molar-refractivity contribution in [2.45, 2.75) is 25.2 Å². The van der Waals surface area contributed by atoms with E-state index in [1.807, 2.05) is 23.6 Å². The highest BCUT2D eigenvalue weighted by atomic mass is 35.5. The van der Waals surface area contributed by atoms with Crippen LogP contribution in [0.5, 0.6) is 0 Å². The summed E-state index contributed by atoms with van der Waals surface area (Å²) in [5.74, 6) is 0.135. The second-order valence-electron chi connectivity index (χ2n) is 5.63. The zero-order valence-corrected chi connectivity index (χ0v) is 16.1. The average molecular weight is 406 g/mol. The van der Waals surface area contributed by atoms with Gasteiger partial charge in [0, 0.05) is 17.1 Å². The van der Waals surface area contributed by atoms with Gasteiger partial charge < -0.3 is 9.30 Å². The zero-order valence-electron chi connectivity index (χ0n) is 14.6. The number of hydrogen-bond donors (Lipinski definition) is 0. The van der Waals surface area contributed by atoms with Crippen LogP contribution in [0, 0.1) is 5.82 Å². The number of ether oxygens (including phenoxy) is 1. The molecule has 0 saturated heterocycles. The molecule has 0 amide bonds. The SMILES string of the molecule is CCn1c(SCC(=O)OCc2ccc(F)cc2)nnc1-c1ccc(Cl)cc1. The van der Waals surface area contributed by atoms with Crippen molar-refractivity contribution in [2.24, 2.45) is 0 Å². The van der Waals surface area contributed by atoms with E-state index in [1.54, 1.807) is 24.3 Å². The Kier molecular flexibility index (Phi) is 6.47. The minimum Gasteiger partial charge on any atom is -0.460 e. The molecule has 8 heteroatoms. The summed E-state index contributed by atoms with van der Waals surface area (Å²) in [5, 5.41) is 9.70. The molecule has 0 saturated carbocycles. The maximum atomic E-state index is 12.9. The summed E-state index contributed by atoms with van der Waals surface area (Å²) in [6, 6.07) is 13.2. The van der Waals surface area contributed by atoms with Crippen LogP contribution in [0.25, 0.3) is 11.4 Å². The van der Waals surface area contributed by atoms with Gasteiger partial charge in [-0.2, -0.15) is 0 Å². The molecule has 3 rings (SSSR count). The van der Waals surface area contributed by atoms with Crippen LogP contribution in [-0.2, 0) is 22.7 Å². The Hall–Kier alpha value is -2.38. The van der Waals surface area contributed by atoms with Gasteiger partial charge >= 0.3 is 5.97 Å². The van der Waals surface area contributed by atoms with Crippen LogP contribution in [-0.4, -0.2) is 26.5 Å². The van der Waals surface area contributed by atoms with Crippen LogP contribution in [0.1, 0.15) is 12.5 Å². The second-order valence-corrected chi connectivity index (χ2v) is 7.01. The van der Waals surface area contributed by atoms with Gasteiger partial charge in [-0.1, -0.05) is 35.5 Å². The molecular weight excluding hydrogens is 389 g/mol. The van der Waals surface area contributed by atoms with Gasteiger partial charge in [-0.05, 0) is 48.9 Å². The third-order valence-corrected chi connectivity index (χ3v) is 4.96. The Morgan fingerprint density at radius 3 is 2.52 bits per heavy atom. The van der Waals surface area contributed by atoms with E-state index in [2.05, 4.69) is 10.2 Å². The van der Waals surface area contributed by atoms with Crippen LogP contribution in [0.15, 0.2) is 53.7 Å². The van der Waals surface area contributed by atoms with Crippen molar-refractivity contribution in [2.75, 3.05) is 5.75 Å². The first kappa shape index (κ1) is 19.4. The molecule has 2 aromatic carbocycles. The molecule has 5 nitrogen and oxygen atoms in total. The van der Waals surface area contributed by atoms with Gasteiger partial charge in [0.2, 0.25) is 0 Å². The van der Waals surface area contributed by atoms with Gasteiger partial charge in [0.05, 0.1) is 5.75 Å². The standard InChI is InChI=1S/C19H17ClFN3O2S/c1-2-24-18(14-5-7-15(20)8-6-14)22-23-19(24)27-12-17(25)26-11-13-3-9-16(21)10-4-13/h3-10H,2,11-12H2,1H3. The molecule has 0 fully saturated rings. The maximum absolute atomic E-state index is 12.9. The highest BCUT2D eigenvalue weighted by Crippen LogP contribution is 2.25. The van der Waals surface area contributed by atoms with Gasteiger partial charge in [0.1, 0.15) is 12.4 Å². The third kappa shape index (κ3) is 5.08. The van der Waals surface area contributed by atoms with Gasteiger partial charge in [-0.3, -0.25) is 4.79 Å². The van der Waals surface area contributed by atoms with Crippen LogP contribution in [0.3, 0.4) is 0 Å². The van der Waals surface area contributed by atoms with Gasteiger partial charge in [-0.15, -0.1) is 10.2 Å². The first-order valence-corrected chi connectivity index (χ1v) is 9.65. The number of aromatic nitrogens is 3. The van der Waals surface area contributed by atoms with E-state index in [4.69, 9.17) is 16.3 Å². The molecule has 0 N–H and O–H groups in total. The number of rotatable bonds is 7. The van der Waals surface area contributed by atoms with Crippen molar-refractivity contribution in [1.82, 2.24) is 14.8 Å². The summed E-state index contributed by atoms with van der Waals surface area (Å²) < 4.78 is 20.0. The van der Waals surface area contributed by atoms with Gasteiger partial charge in [0.25, 0.3) is 0 Å². The fraction of sp³-hybridized carbons (Fsp3) is 0.211. The molecule has 0 radical (unpaired) electrons. The smallest absolute Gasteiger partial charge is 0.316 e. The lowest BCUT2D eigenvalue weighted by Gasteiger charge is -2.08. The monoisotopic (exact) mass is 405 g/mol. The van der Waals surface area contributed by atoms with E-state index in [9.17, 15) is 9.18 Å². The summed E-state index contributed by atoms with van der Waals surface area (Å²) >= 11 is 7.19. The number of halogens is 2. The normalized spacial score (nSPS) is 10.8. The van der Waals surface area contributed by atoms with Crippen molar-refractivity contribution < 1.29 is 13.9 Å². The minimum atomic E-state index is -0.372. The first-order valence-electron chi connectivity index (χ1n) is 8.29. The molecule has 0 bridgehead atoms. The number of esters is 1. The number of hydrogen-bond acceptors (Lipinski definition) is 5. The Balaban J connectivity index is 1.59. The largest absolute Gasteiger partial charge is 0.460 e. The van der Waals surface area contributed by atoms with Gasteiger partial charge in [-0.25, -0.2) is 4.39 Å². The molecule has 0 atom stereocenters. The van der Waals surface area contributed by atoms with Crippen molar-refractivity contribution >= 4 is 29.3 Å². The Bertz CT molecular complexity index is 914. The van der Waals surface area contributed by atoms with Crippen LogP contribution >= 0.6 is 23.4 Å². The van der Waals surface area contributed by atoms with Crippen molar-refractivity contribution in [3.8, 4) is 11.4 Å². The fourth-order valence-corrected chi connectivity index (χ4v) is 3.33. The maximum Gasteiger partial charge on any atom is 0.316 e. The molecule has 0 unspecified atom stereocenters. The number of nitrogens with zero attached hydrogens (tertiary/aromatic N) is 3. The topological polar surface area (TPSA) is 57.0 Å². The van der Waals surface area contributed by atoms with Crippen LogP contribution in [0.4, 0.5) is 4.39 Å². The average Bonchev–Trinajstić information content (AvgIpc) is 3.09. The molecule has 3 aromatic rings. The van der Waals surface area contributed by atoms with Gasteiger partial charge in [0.15, 0.2) is 11.0 Å². The Labute approximate surface area is 165 Å². The second kappa shape index (κ2) is 9.01. The van der Waals surface area contributed by atoms with Crippen LogP contribution in [0.2, 0.25) is 5.02 Å². The lowest BCUT2D eigenvalue weighted by molar-refractivity contribution is -0.141. The Morgan fingerprint density at radius 1 is 1.15 bits per heavy atom. The predicted octanol–water partition coefficient (Wildman–Crippen LogP) is 4.59. The first-order chi connectivity index (χ1) is 13.1. The molecule has 0 aliphatic heterocycles. The highest BCUT2D eigenvalue weighted by Gasteiger charge is 2.15. The number of carbonyl (C=O) groups excluding carboxylic acids is 1. The predicted molar refractivity (Wildman–Crippen MR) is 103 cm³/mol. The lowest BCUT2D eigenvalue weighted by atomic mass is 10.2. The lowest BCUT2D eigenvalue weighted by Crippen LogP contribution is -2.08. The van der Waals surface area contributed by atoms with E-state index in [1.165, 1.54) is 23.9 Å². The van der Waals surface area contributed by atoms with Crippen molar-refractivity contribution in [1.29, 1.82) is 0 Å². The quantitative estimate of drug-likeness (QED) is 0.425. The summed E-state index contributed by atoms with van der Waals surface area (Å²) in [4.78, 5) is 12.0. The zero-order chi connectivity index (χ0) is 19.2. The van der Waals surface area contributed by atoms with E-state index in [0.29, 0.717) is 16.7 Å². The molecular formula is C19H17ClFN3O2S.